The largest absolute Gasteiger partial charge is 0.362 e. The zero-order valence-corrected chi connectivity index (χ0v) is 11.8. The van der Waals surface area contributed by atoms with Gasteiger partial charge in [-0.05, 0) is 25.0 Å². The zero-order chi connectivity index (χ0) is 13.9. The predicted octanol–water partition coefficient (Wildman–Crippen LogP) is 2.31. The van der Waals surface area contributed by atoms with Gasteiger partial charge in [-0.15, -0.1) is 0 Å². The van der Waals surface area contributed by atoms with Crippen LogP contribution >= 0.6 is 0 Å². The van der Waals surface area contributed by atoms with E-state index in [0.29, 0.717) is 11.2 Å². The molecule has 0 amide bonds. The standard InChI is InChI=1S/C11H13N5.C2H6/c1-7-8(2)11(15(3)4)16-10(9(7)5-12)13-6-14-16;1-2/h6H,1-4H3;1-2H3. The lowest BCUT2D eigenvalue weighted by Gasteiger charge is -2.19. The Morgan fingerprint density at radius 3 is 2.33 bits per heavy atom. The van der Waals surface area contributed by atoms with Gasteiger partial charge < -0.3 is 4.90 Å². The Labute approximate surface area is 108 Å². The lowest BCUT2D eigenvalue weighted by Crippen LogP contribution is -2.17. The van der Waals surface area contributed by atoms with Gasteiger partial charge in [0.25, 0.3) is 0 Å². The number of nitriles is 1. The minimum Gasteiger partial charge on any atom is -0.362 e. The van der Waals surface area contributed by atoms with Gasteiger partial charge in [-0.1, -0.05) is 13.8 Å². The first-order valence-corrected chi connectivity index (χ1v) is 5.98. The number of aromatic nitrogens is 3. The molecule has 5 heteroatoms. The number of anilines is 1. The SMILES string of the molecule is CC.Cc1c(C)c(N(C)C)n2ncnc2c1C#N. The minimum atomic E-state index is 0.598. The van der Waals surface area contributed by atoms with Gasteiger partial charge in [-0.2, -0.15) is 14.9 Å². The lowest BCUT2D eigenvalue weighted by atomic mass is 10.1. The van der Waals surface area contributed by atoms with Gasteiger partial charge in [-0.25, -0.2) is 4.98 Å². The second kappa shape index (κ2) is 5.50. The number of pyridine rings is 1. The molecule has 0 saturated heterocycles. The smallest absolute Gasteiger partial charge is 0.175 e. The molecule has 0 unspecified atom stereocenters. The molecule has 2 heterocycles. The number of rotatable bonds is 1. The van der Waals surface area contributed by atoms with E-state index in [1.807, 2.05) is 46.7 Å². The fourth-order valence-electron chi connectivity index (χ4n) is 1.91. The maximum atomic E-state index is 9.14. The van der Waals surface area contributed by atoms with Crippen LogP contribution in [0.2, 0.25) is 0 Å². The van der Waals surface area contributed by atoms with Crippen LogP contribution in [0.25, 0.3) is 5.65 Å². The third-order valence-electron chi connectivity index (χ3n) is 2.78. The summed E-state index contributed by atoms with van der Waals surface area (Å²) < 4.78 is 1.71. The summed E-state index contributed by atoms with van der Waals surface area (Å²) in [4.78, 5) is 6.11. The normalized spacial score (nSPS) is 9.61. The molecule has 96 valence electrons. The molecule has 2 rings (SSSR count). The number of nitrogens with zero attached hydrogens (tertiary/aromatic N) is 5. The van der Waals surface area contributed by atoms with Crippen molar-refractivity contribution in [2.75, 3.05) is 19.0 Å². The maximum absolute atomic E-state index is 9.14. The molecular weight excluding hydrogens is 226 g/mol. The first-order valence-electron chi connectivity index (χ1n) is 5.98. The average Bonchev–Trinajstić information content (AvgIpc) is 2.81. The molecule has 0 saturated carbocycles. The molecule has 0 radical (unpaired) electrons. The van der Waals surface area contributed by atoms with Crippen LogP contribution in [0, 0.1) is 25.2 Å². The molecule has 0 N–H and O–H groups in total. The highest BCUT2D eigenvalue weighted by Gasteiger charge is 2.16. The van der Waals surface area contributed by atoms with Gasteiger partial charge in [0.05, 0.1) is 0 Å². The van der Waals surface area contributed by atoms with Gasteiger partial charge in [0.15, 0.2) is 5.65 Å². The van der Waals surface area contributed by atoms with E-state index in [0.717, 1.165) is 16.9 Å². The van der Waals surface area contributed by atoms with Crippen LogP contribution in [0.5, 0.6) is 0 Å². The zero-order valence-electron chi connectivity index (χ0n) is 11.8. The van der Waals surface area contributed by atoms with Crippen LogP contribution in [0.3, 0.4) is 0 Å². The highest BCUT2D eigenvalue weighted by Crippen LogP contribution is 2.26. The maximum Gasteiger partial charge on any atom is 0.175 e. The lowest BCUT2D eigenvalue weighted by molar-refractivity contribution is 0.896. The molecule has 5 nitrogen and oxygen atoms in total. The second-order valence-corrected chi connectivity index (χ2v) is 3.95. The first-order chi connectivity index (χ1) is 8.57. The van der Waals surface area contributed by atoms with Gasteiger partial charge in [0, 0.05) is 14.1 Å². The molecule has 0 atom stereocenters. The molecule has 0 fully saturated rings. The number of fused-ring (bicyclic) bond motifs is 1. The van der Waals surface area contributed by atoms with Crippen molar-refractivity contribution in [2.45, 2.75) is 27.7 Å². The molecule has 2 aromatic heterocycles. The van der Waals surface area contributed by atoms with Crippen molar-refractivity contribution in [2.24, 2.45) is 0 Å². The van der Waals surface area contributed by atoms with Crippen LogP contribution in [0.15, 0.2) is 6.33 Å². The van der Waals surface area contributed by atoms with E-state index in [1.165, 1.54) is 6.33 Å². The van der Waals surface area contributed by atoms with Crippen molar-refractivity contribution in [1.29, 1.82) is 5.26 Å². The molecule has 0 aliphatic rings. The predicted molar refractivity (Wildman–Crippen MR) is 72.9 cm³/mol. The van der Waals surface area contributed by atoms with Crippen molar-refractivity contribution in [3.05, 3.63) is 23.0 Å². The summed E-state index contributed by atoms with van der Waals surface area (Å²) in [7, 11) is 3.91. The summed E-state index contributed by atoms with van der Waals surface area (Å²) in [6, 6.07) is 2.19. The van der Waals surface area contributed by atoms with Gasteiger partial charge in [0.2, 0.25) is 0 Å². The molecule has 0 aliphatic heterocycles. The summed E-state index contributed by atoms with van der Waals surface area (Å²) in [6.07, 6.45) is 1.47. The third kappa shape index (κ3) is 2.02. The van der Waals surface area contributed by atoms with Crippen LogP contribution < -0.4 is 4.90 Å². The van der Waals surface area contributed by atoms with E-state index < -0.39 is 0 Å². The summed E-state index contributed by atoms with van der Waals surface area (Å²) in [6.45, 7) is 7.93. The molecule has 0 spiro atoms. The van der Waals surface area contributed by atoms with E-state index >= 15 is 0 Å². The topological polar surface area (TPSA) is 57.2 Å². The Bertz CT molecular complexity index is 589. The van der Waals surface area contributed by atoms with E-state index in [1.54, 1.807) is 4.52 Å². The summed E-state index contributed by atoms with van der Waals surface area (Å²) in [5.74, 6) is 0.962. The second-order valence-electron chi connectivity index (χ2n) is 3.95. The Hall–Kier alpha value is -2.09. The molecule has 0 aliphatic carbocycles. The van der Waals surface area contributed by atoms with Gasteiger partial charge >= 0.3 is 0 Å². The minimum absolute atomic E-state index is 0.598. The molecule has 2 aromatic rings. The number of hydrogen-bond acceptors (Lipinski definition) is 4. The Kier molecular flexibility index (Phi) is 4.27. The number of hydrogen-bond donors (Lipinski definition) is 0. The quantitative estimate of drug-likeness (QED) is 0.773. The van der Waals surface area contributed by atoms with E-state index in [2.05, 4.69) is 16.2 Å². The molecule has 0 aromatic carbocycles. The van der Waals surface area contributed by atoms with Crippen molar-refractivity contribution < 1.29 is 0 Å². The van der Waals surface area contributed by atoms with Crippen molar-refractivity contribution in [1.82, 2.24) is 14.6 Å². The highest BCUT2D eigenvalue weighted by molar-refractivity contribution is 5.67. The van der Waals surface area contributed by atoms with Gasteiger partial charge in [0.1, 0.15) is 23.8 Å². The van der Waals surface area contributed by atoms with Crippen LogP contribution in [-0.4, -0.2) is 28.7 Å². The van der Waals surface area contributed by atoms with E-state index in [-0.39, 0.29) is 0 Å². The Balaban J connectivity index is 0.000000771. The monoisotopic (exact) mass is 245 g/mol. The summed E-state index contributed by atoms with van der Waals surface area (Å²) >= 11 is 0. The highest BCUT2D eigenvalue weighted by atomic mass is 15.3. The van der Waals surface area contributed by atoms with Crippen molar-refractivity contribution in [3.63, 3.8) is 0 Å². The van der Waals surface area contributed by atoms with E-state index in [4.69, 9.17) is 5.26 Å². The van der Waals surface area contributed by atoms with Crippen molar-refractivity contribution >= 4 is 11.5 Å². The molecule has 18 heavy (non-hydrogen) atoms. The summed E-state index contributed by atoms with van der Waals surface area (Å²) in [5.41, 5.74) is 3.24. The third-order valence-corrected chi connectivity index (χ3v) is 2.78. The van der Waals surface area contributed by atoms with Crippen LogP contribution in [0.4, 0.5) is 5.82 Å². The Morgan fingerprint density at radius 2 is 1.83 bits per heavy atom. The first kappa shape index (κ1) is 14.0. The van der Waals surface area contributed by atoms with Crippen LogP contribution in [0.1, 0.15) is 30.5 Å². The summed E-state index contributed by atoms with van der Waals surface area (Å²) in [5, 5.41) is 13.3. The average molecular weight is 245 g/mol. The fourth-order valence-corrected chi connectivity index (χ4v) is 1.91. The molecular formula is C13H19N5. The van der Waals surface area contributed by atoms with Gasteiger partial charge in [-0.3, -0.25) is 0 Å². The van der Waals surface area contributed by atoms with Crippen LogP contribution in [-0.2, 0) is 0 Å². The molecule has 0 bridgehead atoms. The van der Waals surface area contributed by atoms with E-state index in [9.17, 15) is 0 Å². The Morgan fingerprint density at radius 1 is 1.22 bits per heavy atom. The van der Waals surface area contributed by atoms with Crippen molar-refractivity contribution in [3.8, 4) is 6.07 Å². The fraction of sp³-hybridized carbons (Fsp3) is 0.462.